The van der Waals surface area contributed by atoms with Gasteiger partial charge in [0.1, 0.15) is 48.0 Å². The average Bonchev–Trinajstić information content (AvgIpc) is 3.89. The van der Waals surface area contributed by atoms with Crippen molar-refractivity contribution in [2.24, 2.45) is 22.2 Å². The first-order valence-corrected chi connectivity index (χ1v) is 27.2. The van der Waals surface area contributed by atoms with Gasteiger partial charge in [-0.2, -0.15) is 13.2 Å². The summed E-state index contributed by atoms with van der Waals surface area (Å²) < 4.78 is 31.7. The van der Waals surface area contributed by atoms with Gasteiger partial charge in [-0.25, -0.2) is 4.79 Å². The van der Waals surface area contributed by atoms with Crippen LogP contribution in [0.4, 0.5) is 13.2 Å². The predicted octanol–water partition coefficient (Wildman–Crippen LogP) is -2.51. The summed E-state index contributed by atoms with van der Waals surface area (Å²) in [6.07, 6.45) is -7.24. The summed E-state index contributed by atoms with van der Waals surface area (Å²) in [5.74, 6) is -14.1. The number of hydrogen-bond acceptors (Lipinski definition) is 16. The van der Waals surface area contributed by atoms with Crippen LogP contribution in [0.15, 0.2) is 59.6 Å². The average molecular weight is 1190 g/mol. The summed E-state index contributed by atoms with van der Waals surface area (Å²) in [5, 5.41) is 54.0. The van der Waals surface area contributed by atoms with Gasteiger partial charge in [0.2, 0.25) is 53.2 Å². The Morgan fingerprint density at radius 2 is 1.32 bits per heavy atom. The van der Waals surface area contributed by atoms with Gasteiger partial charge < -0.3 is 79.7 Å². The Morgan fingerprint density at radius 1 is 0.753 bits per heavy atom. The number of phenols is 1. The van der Waals surface area contributed by atoms with E-state index in [0.717, 1.165) is 21.6 Å². The first-order valence-electron chi connectivity index (χ1n) is 24.7. The van der Waals surface area contributed by atoms with Crippen LogP contribution in [0, 0.1) is 0 Å². The molecule has 2 aliphatic heterocycles. The zero-order chi connectivity index (χ0) is 60.4. The number of carboxylic acids is 3. The van der Waals surface area contributed by atoms with Crippen LogP contribution in [0.3, 0.4) is 0 Å². The number of aliphatic carboxylic acids is 3. The van der Waals surface area contributed by atoms with E-state index in [2.05, 4.69) is 42.2 Å². The first kappa shape index (κ1) is 66.9. The number of alkyl halides is 3. The number of halogens is 3. The molecule has 17 N–H and O–H groups in total. The van der Waals surface area contributed by atoms with Crippen molar-refractivity contribution in [1.29, 1.82) is 0 Å². The summed E-state index contributed by atoms with van der Waals surface area (Å²) in [5.41, 5.74) is 17.1. The van der Waals surface area contributed by atoms with Gasteiger partial charge in [-0.05, 0) is 55.4 Å². The molecule has 0 radical (unpaired) electrons. The van der Waals surface area contributed by atoms with Crippen molar-refractivity contribution >= 4 is 98.6 Å². The zero-order valence-electron chi connectivity index (χ0n) is 43.1. The van der Waals surface area contributed by atoms with E-state index in [-0.39, 0.29) is 74.8 Å². The summed E-state index contributed by atoms with van der Waals surface area (Å²) in [4.78, 5) is 161. The predicted molar refractivity (Wildman–Crippen MR) is 283 cm³/mol. The standard InChI is InChI=1S/C46H62N12O14S2.C2HF3O2/c47-35(60)23-51-39(66)28(8-4-17-50-46(48)49)54-44(71)34-9-5-18-58(34)45(72)33-24-74-73-19-16-36(61)52-30(21-26-10-12-27(59)13-11-26)41(68)55-31(20-25-6-2-1-3-7-25)42(69)53-29(14-15-37(62)63)40(67)56-32(22-38(64)65)43(70)57-33;3-2(4,5)1(6)7/h1-3,6-7,10-13,28-34,59H,4-5,8-9,14-24H2,(H2,47,60)(H,51,66)(H,52,61)(H,53,69)(H,54,71)(H,55,68)(H,56,67)(H,57,70)(H,62,63)(H,64,65)(H4,48,49,50);(H,6,7)/t28-,29+,30+,31+,32+,33+,34+;/m1./s1. The number of phenolic OH excluding ortho intramolecular Hbond substituents is 1. The molecule has 2 heterocycles. The maximum absolute atomic E-state index is 14.5. The van der Waals surface area contributed by atoms with Crippen LogP contribution >= 0.6 is 21.6 Å². The van der Waals surface area contributed by atoms with Gasteiger partial charge in [0.25, 0.3) is 0 Å². The molecule has 2 fully saturated rings. The Kier molecular flexibility index (Phi) is 27.5. The van der Waals surface area contributed by atoms with Gasteiger partial charge in [0.05, 0.1) is 13.0 Å². The minimum absolute atomic E-state index is 0.00355. The molecule has 28 nitrogen and oxygen atoms in total. The van der Waals surface area contributed by atoms with Crippen LogP contribution < -0.4 is 54.4 Å². The minimum atomic E-state index is -5.08. The molecule has 2 aromatic carbocycles. The van der Waals surface area contributed by atoms with Crippen molar-refractivity contribution in [2.45, 2.75) is 113 Å². The van der Waals surface area contributed by atoms with E-state index in [1.807, 2.05) is 0 Å². The zero-order valence-corrected chi connectivity index (χ0v) is 44.7. The number of hydrogen-bond donors (Lipinski definition) is 14. The van der Waals surface area contributed by atoms with Crippen LogP contribution in [-0.2, 0) is 70.4 Å². The number of carboxylic acid groups (broad SMARTS) is 3. The van der Waals surface area contributed by atoms with Gasteiger partial charge in [-0.1, -0.05) is 64.1 Å². The molecule has 4 rings (SSSR count). The largest absolute Gasteiger partial charge is 0.508 e. The number of benzene rings is 2. The second-order valence-electron chi connectivity index (χ2n) is 18.0. The van der Waals surface area contributed by atoms with E-state index >= 15 is 0 Å². The molecule has 0 saturated carbocycles. The lowest BCUT2D eigenvalue weighted by Gasteiger charge is -2.30. The number of carbonyl (C=O) groups excluding carboxylic acids is 9. The summed E-state index contributed by atoms with van der Waals surface area (Å²) >= 11 is 0. The van der Waals surface area contributed by atoms with Crippen LogP contribution in [0.25, 0.3) is 0 Å². The quantitative estimate of drug-likeness (QED) is 0.0299. The number of aromatic hydroxyl groups is 1. The van der Waals surface area contributed by atoms with Crippen LogP contribution in [0.5, 0.6) is 5.75 Å². The summed E-state index contributed by atoms with van der Waals surface area (Å²) in [7, 11) is 2.12. The highest BCUT2D eigenvalue weighted by atomic mass is 33.1. The van der Waals surface area contributed by atoms with Crippen molar-refractivity contribution in [1.82, 2.24) is 42.1 Å². The molecule has 0 unspecified atom stereocenters. The molecule has 0 aromatic heterocycles. The van der Waals surface area contributed by atoms with Crippen molar-refractivity contribution in [3.05, 3.63) is 65.7 Å². The van der Waals surface area contributed by atoms with Crippen molar-refractivity contribution in [3.63, 3.8) is 0 Å². The lowest BCUT2D eigenvalue weighted by Crippen LogP contribution is -2.61. The van der Waals surface area contributed by atoms with E-state index in [1.165, 1.54) is 29.2 Å². The number of likely N-dealkylation sites (tertiary alicyclic amines) is 1. The molecular formula is C48H63F3N12O16S2. The molecule has 33 heteroatoms. The Hall–Kier alpha value is -8.36. The van der Waals surface area contributed by atoms with Gasteiger partial charge in [0, 0.05) is 50.3 Å². The lowest BCUT2D eigenvalue weighted by atomic mass is 10.0. The minimum Gasteiger partial charge on any atom is -0.508 e. The monoisotopic (exact) mass is 1180 g/mol. The smallest absolute Gasteiger partial charge is 0.490 e. The maximum atomic E-state index is 14.5. The Labute approximate surface area is 467 Å². The van der Waals surface area contributed by atoms with E-state index in [0.29, 0.717) is 17.5 Å². The number of primary amides is 1. The number of carbonyl (C=O) groups is 12. The highest BCUT2D eigenvalue weighted by molar-refractivity contribution is 8.76. The van der Waals surface area contributed by atoms with Crippen LogP contribution in [0.1, 0.15) is 62.5 Å². The number of nitrogens with zero attached hydrogens (tertiary/aromatic N) is 2. The summed E-state index contributed by atoms with van der Waals surface area (Å²) in [6.45, 7) is -0.457. The van der Waals surface area contributed by atoms with E-state index < -0.39 is 145 Å². The van der Waals surface area contributed by atoms with E-state index in [4.69, 9.17) is 27.1 Å². The fourth-order valence-electron chi connectivity index (χ4n) is 7.74. The van der Waals surface area contributed by atoms with Crippen molar-refractivity contribution < 1.29 is 91.1 Å². The molecule has 2 saturated heterocycles. The number of guanidine groups is 1. The summed E-state index contributed by atoms with van der Waals surface area (Å²) in [6, 6.07) is 3.86. The third-order valence-corrected chi connectivity index (χ3v) is 14.1. The second-order valence-corrected chi connectivity index (χ2v) is 20.6. The fraction of sp³-hybridized carbons (Fsp3) is 0.479. The molecular weight excluding hydrogens is 1120 g/mol. The topological polar surface area (TPSA) is 464 Å². The fourth-order valence-corrected chi connectivity index (χ4v) is 9.88. The molecule has 444 valence electrons. The number of nitrogens with two attached hydrogens (primary N) is 3. The van der Waals surface area contributed by atoms with Crippen LogP contribution in [-0.4, -0.2) is 182 Å². The molecule has 2 aromatic rings. The van der Waals surface area contributed by atoms with Crippen molar-refractivity contribution in [3.8, 4) is 5.75 Å². The normalized spacial score (nSPS) is 20.8. The molecule has 0 aliphatic carbocycles. The molecule has 0 spiro atoms. The first-order chi connectivity index (χ1) is 38.1. The second kappa shape index (κ2) is 33.3. The van der Waals surface area contributed by atoms with Gasteiger partial charge in [-0.3, -0.25) is 57.7 Å². The lowest BCUT2D eigenvalue weighted by molar-refractivity contribution is -0.192. The van der Waals surface area contributed by atoms with E-state index in [1.54, 1.807) is 30.3 Å². The Balaban J connectivity index is 0.00000230. The van der Waals surface area contributed by atoms with Crippen LogP contribution in [0.2, 0.25) is 0 Å². The number of rotatable bonds is 19. The molecule has 9 amide bonds. The number of amides is 9. The third-order valence-electron chi connectivity index (χ3n) is 11.7. The highest BCUT2D eigenvalue weighted by Gasteiger charge is 2.41. The van der Waals surface area contributed by atoms with Gasteiger partial charge in [-0.15, -0.1) is 0 Å². The van der Waals surface area contributed by atoms with Crippen molar-refractivity contribution in [2.75, 3.05) is 31.1 Å². The molecule has 2 aliphatic rings. The molecule has 81 heavy (non-hydrogen) atoms. The van der Waals surface area contributed by atoms with Gasteiger partial charge in [0.15, 0.2) is 5.96 Å². The maximum Gasteiger partial charge on any atom is 0.490 e. The van der Waals surface area contributed by atoms with Gasteiger partial charge >= 0.3 is 24.1 Å². The highest BCUT2D eigenvalue weighted by Crippen LogP contribution is 2.26. The third kappa shape index (κ3) is 24.7. The SMILES string of the molecule is NC(=O)CNC(=O)[C@@H](CCCN=C(N)N)NC(=O)[C@@H]1CCCN1C(=O)[C@@H]1CSSCCC(=O)N[C@@H](Cc2ccc(O)cc2)C(=O)N[C@@H](Cc2ccccc2)C(=O)N[C@@H](CCC(=O)O)C(=O)N[C@@H](CC(=O)O)C(=O)N1.O=C(O)C(F)(F)F. The number of nitrogens with one attached hydrogen (secondary N) is 7. The Morgan fingerprint density at radius 3 is 1.90 bits per heavy atom. The molecule has 0 bridgehead atoms. The number of aliphatic imine (C=N–C) groups is 1. The Bertz CT molecular complexity index is 2600. The molecule has 7 atom stereocenters. The van der Waals surface area contributed by atoms with E-state index in [9.17, 15) is 81.2 Å².